The first kappa shape index (κ1) is 18.2. The molecule has 1 aromatic heterocycles. The lowest BCUT2D eigenvalue weighted by Crippen LogP contribution is -2.42. The maximum Gasteiger partial charge on any atom is 0.257 e. The second-order valence-electron chi connectivity index (χ2n) is 6.86. The standard InChI is InChI=1S/C18H29N5O2/c1-15-17(16(2)20-14-19-15)18(24)23-5-3-4-21(8-9-23)6-7-22-10-12-25-13-11-22/h14H,3-13H2,1-2H3. The van der Waals surface area contributed by atoms with Crippen molar-refractivity contribution in [3.63, 3.8) is 0 Å². The van der Waals surface area contributed by atoms with E-state index in [9.17, 15) is 4.79 Å². The second-order valence-corrected chi connectivity index (χ2v) is 6.86. The predicted octanol–water partition coefficient (Wildman–Crippen LogP) is 0.574. The van der Waals surface area contributed by atoms with Gasteiger partial charge in [0.1, 0.15) is 6.33 Å². The minimum atomic E-state index is 0.0747. The molecule has 3 heterocycles. The van der Waals surface area contributed by atoms with Crippen LogP contribution in [0.5, 0.6) is 0 Å². The second kappa shape index (κ2) is 8.69. The monoisotopic (exact) mass is 347 g/mol. The van der Waals surface area contributed by atoms with Gasteiger partial charge in [0.25, 0.3) is 5.91 Å². The molecular formula is C18H29N5O2. The van der Waals surface area contributed by atoms with E-state index < -0.39 is 0 Å². The fraction of sp³-hybridized carbons (Fsp3) is 0.722. The molecule has 25 heavy (non-hydrogen) atoms. The number of ether oxygens (including phenoxy) is 1. The Labute approximate surface area is 150 Å². The highest BCUT2D eigenvalue weighted by atomic mass is 16.5. The summed E-state index contributed by atoms with van der Waals surface area (Å²) in [6.07, 6.45) is 2.54. The molecule has 0 unspecified atom stereocenters. The van der Waals surface area contributed by atoms with E-state index in [0.717, 1.165) is 83.4 Å². The summed E-state index contributed by atoms with van der Waals surface area (Å²) < 4.78 is 5.40. The lowest BCUT2D eigenvalue weighted by Gasteiger charge is -2.29. The molecule has 0 aliphatic carbocycles. The number of rotatable bonds is 4. The number of morpholine rings is 1. The number of hydrogen-bond acceptors (Lipinski definition) is 6. The topological polar surface area (TPSA) is 61.8 Å². The van der Waals surface area contributed by atoms with E-state index in [1.807, 2.05) is 18.7 Å². The van der Waals surface area contributed by atoms with E-state index in [1.165, 1.54) is 6.33 Å². The van der Waals surface area contributed by atoms with Crippen molar-refractivity contribution < 1.29 is 9.53 Å². The van der Waals surface area contributed by atoms with Crippen molar-refractivity contribution in [1.29, 1.82) is 0 Å². The first-order valence-corrected chi connectivity index (χ1v) is 9.25. The summed E-state index contributed by atoms with van der Waals surface area (Å²) >= 11 is 0. The van der Waals surface area contributed by atoms with Crippen LogP contribution in [-0.4, -0.2) is 96.1 Å². The van der Waals surface area contributed by atoms with Crippen LogP contribution in [0.3, 0.4) is 0 Å². The zero-order chi connectivity index (χ0) is 17.6. The van der Waals surface area contributed by atoms with Gasteiger partial charge in [-0.05, 0) is 26.8 Å². The minimum absolute atomic E-state index is 0.0747. The first-order valence-electron chi connectivity index (χ1n) is 9.25. The highest BCUT2D eigenvalue weighted by molar-refractivity contribution is 5.96. The Bertz CT molecular complexity index is 569. The molecule has 0 atom stereocenters. The van der Waals surface area contributed by atoms with Gasteiger partial charge in [0.15, 0.2) is 0 Å². The van der Waals surface area contributed by atoms with Crippen molar-refractivity contribution in [3.8, 4) is 0 Å². The number of hydrogen-bond donors (Lipinski definition) is 0. The van der Waals surface area contributed by atoms with Crippen LogP contribution in [-0.2, 0) is 4.74 Å². The average Bonchev–Trinajstić information content (AvgIpc) is 2.86. The molecule has 2 aliphatic rings. The summed E-state index contributed by atoms with van der Waals surface area (Å²) in [5.41, 5.74) is 2.21. The smallest absolute Gasteiger partial charge is 0.257 e. The van der Waals surface area contributed by atoms with Gasteiger partial charge in [0.2, 0.25) is 0 Å². The Kier molecular flexibility index (Phi) is 6.34. The number of nitrogens with zero attached hydrogens (tertiary/aromatic N) is 5. The Hall–Kier alpha value is -1.57. The molecule has 1 amide bonds. The number of aryl methyl sites for hydroxylation is 2. The molecule has 2 aliphatic heterocycles. The van der Waals surface area contributed by atoms with E-state index in [1.54, 1.807) is 0 Å². The van der Waals surface area contributed by atoms with Crippen molar-refractivity contribution in [2.24, 2.45) is 0 Å². The van der Waals surface area contributed by atoms with E-state index in [0.29, 0.717) is 5.56 Å². The van der Waals surface area contributed by atoms with E-state index in [-0.39, 0.29) is 5.91 Å². The van der Waals surface area contributed by atoms with Crippen molar-refractivity contribution >= 4 is 5.91 Å². The molecule has 2 fully saturated rings. The summed E-state index contributed by atoms with van der Waals surface area (Å²) in [4.78, 5) is 28.2. The van der Waals surface area contributed by atoms with E-state index in [4.69, 9.17) is 4.74 Å². The zero-order valence-electron chi connectivity index (χ0n) is 15.4. The van der Waals surface area contributed by atoms with Crippen LogP contribution < -0.4 is 0 Å². The first-order chi connectivity index (χ1) is 12.1. The SMILES string of the molecule is Cc1ncnc(C)c1C(=O)N1CCCN(CCN2CCOCC2)CC1. The zero-order valence-corrected chi connectivity index (χ0v) is 15.4. The minimum Gasteiger partial charge on any atom is -0.379 e. The molecule has 0 N–H and O–H groups in total. The molecule has 2 saturated heterocycles. The highest BCUT2D eigenvalue weighted by Crippen LogP contribution is 2.14. The molecule has 0 radical (unpaired) electrons. The fourth-order valence-corrected chi connectivity index (χ4v) is 3.57. The predicted molar refractivity (Wildman–Crippen MR) is 95.7 cm³/mol. The van der Waals surface area contributed by atoms with E-state index >= 15 is 0 Å². The van der Waals surface area contributed by atoms with Gasteiger partial charge in [0.05, 0.1) is 30.2 Å². The molecule has 0 spiro atoms. The van der Waals surface area contributed by atoms with Gasteiger partial charge < -0.3 is 14.5 Å². The third-order valence-corrected chi connectivity index (χ3v) is 5.15. The number of amides is 1. The molecule has 7 nitrogen and oxygen atoms in total. The Morgan fingerprint density at radius 1 is 0.960 bits per heavy atom. The maximum atomic E-state index is 12.9. The van der Waals surface area contributed by atoms with Crippen LogP contribution in [0.4, 0.5) is 0 Å². The van der Waals surface area contributed by atoms with E-state index in [2.05, 4.69) is 19.8 Å². The van der Waals surface area contributed by atoms with Crippen LogP contribution in [0.1, 0.15) is 28.2 Å². The highest BCUT2D eigenvalue weighted by Gasteiger charge is 2.24. The molecular weight excluding hydrogens is 318 g/mol. The summed E-state index contributed by atoms with van der Waals surface area (Å²) in [7, 11) is 0. The van der Waals surface area contributed by atoms with Crippen molar-refractivity contribution in [1.82, 2.24) is 24.7 Å². The maximum absolute atomic E-state index is 12.9. The van der Waals surface area contributed by atoms with Crippen molar-refractivity contribution in [2.75, 3.05) is 65.6 Å². The van der Waals surface area contributed by atoms with Gasteiger partial charge >= 0.3 is 0 Å². The Morgan fingerprint density at radius 3 is 2.28 bits per heavy atom. The summed E-state index contributed by atoms with van der Waals surface area (Å²) in [6, 6.07) is 0. The van der Waals surface area contributed by atoms with Gasteiger partial charge in [-0.1, -0.05) is 0 Å². The number of aromatic nitrogens is 2. The van der Waals surface area contributed by atoms with Crippen LogP contribution in [0, 0.1) is 13.8 Å². The summed E-state index contributed by atoms with van der Waals surface area (Å²) in [6.45, 7) is 13.2. The quantitative estimate of drug-likeness (QED) is 0.794. The number of carbonyl (C=O) groups is 1. The third-order valence-electron chi connectivity index (χ3n) is 5.15. The van der Waals surface area contributed by atoms with Gasteiger partial charge in [-0.3, -0.25) is 9.69 Å². The summed E-state index contributed by atoms with van der Waals surface area (Å²) in [5.74, 6) is 0.0747. The van der Waals surface area contributed by atoms with Crippen LogP contribution in [0.2, 0.25) is 0 Å². The van der Waals surface area contributed by atoms with Crippen LogP contribution >= 0.6 is 0 Å². The Morgan fingerprint density at radius 2 is 1.60 bits per heavy atom. The largest absolute Gasteiger partial charge is 0.379 e. The normalized spacial score (nSPS) is 20.5. The molecule has 1 aromatic rings. The van der Waals surface area contributed by atoms with Gasteiger partial charge in [-0.2, -0.15) is 0 Å². The fourth-order valence-electron chi connectivity index (χ4n) is 3.57. The van der Waals surface area contributed by atoms with Crippen molar-refractivity contribution in [3.05, 3.63) is 23.3 Å². The molecule has 138 valence electrons. The van der Waals surface area contributed by atoms with Gasteiger partial charge in [0, 0.05) is 45.8 Å². The van der Waals surface area contributed by atoms with Crippen LogP contribution in [0.15, 0.2) is 6.33 Å². The molecule has 0 saturated carbocycles. The lowest BCUT2D eigenvalue weighted by molar-refractivity contribution is 0.0335. The lowest BCUT2D eigenvalue weighted by atomic mass is 10.1. The average molecular weight is 347 g/mol. The molecule has 0 bridgehead atoms. The van der Waals surface area contributed by atoms with Crippen molar-refractivity contribution in [2.45, 2.75) is 20.3 Å². The molecule has 3 rings (SSSR count). The Balaban J connectivity index is 1.53. The van der Waals surface area contributed by atoms with Crippen LogP contribution in [0.25, 0.3) is 0 Å². The third kappa shape index (κ3) is 4.74. The molecule has 0 aromatic carbocycles. The molecule has 7 heteroatoms. The number of carbonyl (C=O) groups excluding carboxylic acids is 1. The summed E-state index contributed by atoms with van der Waals surface area (Å²) in [5, 5.41) is 0. The van der Waals surface area contributed by atoms with Gasteiger partial charge in [-0.25, -0.2) is 9.97 Å². The van der Waals surface area contributed by atoms with Gasteiger partial charge in [-0.15, -0.1) is 0 Å².